The molecule has 0 saturated carbocycles. The van der Waals surface area contributed by atoms with Crippen molar-refractivity contribution >= 4 is 5.69 Å². The van der Waals surface area contributed by atoms with Gasteiger partial charge in [0.25, 0.3) is 5.56 Å². The number of hydrogen-bond donors (Lipinski definition) is 1. The Morgan fingerprint density at radius 2 is 2.22 bits per heavy atom. The Kier molecular flexibility index (Phi) is 4.42. The van der Waals surface area contributed by atoms with E-state index in [0.717, 1.165) is 18.8 Å². The first-order valence-electron chi connectivity index (χ1n) is 6.85. The number of rotatable bonds is 4. The number of anilines is 1. The molecule has 0 radical (unpaired) electrons. The highest BCUT2D eigenvalue weighted by molar-refractivity contribution is 5.40. The highest BCUT2D eigenvalue weighted by Gasteiger charge is 2.18. The quantitative estimate of drug-likeness (QED) is 0.883. The molecule has 2 heterocycles. The average molecular weight is 249 g/mol. The molecule has 18 heavy (non-hydrogen) atoms. The van der Waals surface area contributed by atoms with Gasteiger partial charge in [0.2, 0.25) is 0 Å². The fourth-order valence-corrected chi connectivity index (χ4v) is 2.52. The van der Waals surface area contributed by atoms with Crippen LogP contribution in [0.4, 0.5) is 5.69 Å². The third kappa shape index (κ3) is 3.13. The zero-order valence-electron chi connectivity index (χ0n) is 11.4. The van der Waals surface area contributed by atoms with Gasteiger partial charge in [0.15, 0.2) is 0 Å². The zero-order chi connectivity index (χ0) is 13.0. The van der Waals surface area contributed by atoms with Crippen LogP contribution in [0.5, 0.6) is 0 Å². The van der Waals surface area contributed by atoms with Crippen LogP contribution in [0.15, 0.2) is 23.1 Å². The summed E-state index contributed by atoms with van der Waals surface area (Å²) in [5.74, 6) is 0. The van der Waals surface area contributed by atoms with Crippen molar-refractivity contribution in [2.45, 2.75) is 38.8 Å². The lowest BCUT2D eigenvalue weighted by Crippen LogP contribution is -2.40. The van der Waals surface area contributed by atoms with Crippen LogP contribution in [-0.4, -0.2) is 35.6 Å². The van der Waals surface area contributed by atoms with Crippen LogP contribution in [-0.2, 0) is 6.54 Å². The standard InChI is InChI=1S/C14H23N3O/c1-3-17-11-12(7-8-14(17)18)15-10-13-6-4-5-9-16(13)2/h7-8,11,13,15H,3-6,9-10H2,1-2H3. The molecule has 2 rings (SSSR count). The molecule has 0 spiro atoms. The van der Waals surface area contributed by atoms with E-state index < -0.39 is 0 Å². The fraction of sp³-hybridized carbons (Fsp3) is 0.643. The molecule has 1 aromatic heterocycles. The van der Waals surface area contributed by atoms with Gasteiger partial charge in [0, 0.05) is 31.4 Å². The summed E-state index contributed by atoms with van der Waals surface area (Å²) in [6, 6.07) is 4.12. The lowest BCUT2D eigenvalue weighted by Gasteiger charge is -2.32. The van der Waals surface area contributed by atoms with Crippen molar-refractivity contribution in [3.05, 3.63) is 28.7 Å². The second-order valence-electron chi connectivity index (χ2n) is 5.05. The Balaban J connectivity index is 1.95. The lowest BCUT2D eigenvalue weighted by atomic mass is 10.0. The average Bonchev–Trinajstić information content (AvgIpc) is 2.39. The van der Waals surface area contributed by atoms with E-state index in [9.17, 15) is 4.79 Å². The van der Waals surface area contributed by atoms with E-state index in [1.165, 1.54) is 25.8 Å². The molecule has 4 heteroatoms. The summed E-state index contributed by atoms with van der Waals surface area (Å²) < 4.78 is 1.73. The van der Waals surface area contributed by atoms with Gasteiger partial charge in [0.1, 0.15) is 0 Å². The molecule has 0 amide bonds. The second-order valence-corrected chi connectivity index (χ2v) is 5.05. The lowest BCUT2D eigenvalue weighted by molar-refractivity contribution is 0.194. The largest absolute Gasteiger partial charge is 0.382 e. The van der Waals surface area contributed by atoms with Gasteiger partial charge >= 0.3 is 0 Å². The minimum Gasteiger partial charge on any atom is -0.382 e. The third-order valence-electron chi connectivity index (χ3n) is 3.79. The molecule has 1 saturated heterocycles. The van der Waals surface area contributed by atoms with Gasteiger partial charge in [-0.3, -0.25) is 4.79 Å². The van der Waals surface area contributed by atoms with Gasteiger partial charge in [-0.2, -0.15) is 0 Å². The monoisotopic (exact) mass is 249 g/mol. The minimum atomic E-state index is 0.0674. The number of aryl methyl sites for hydroxylation is 1. The Morgan fingerprint density at radius 1 is 1.39 bits per heavy atom. The molecular weight excluding hydrogens is 226 g/mol. The second kappa shape index (κ2) is 6.05. The van der Waals surface area contributed by atoms with E-state index in [2.05, 4.69) is 17.3 Å². The first kappa shape index (κ1) is 13.1. The van der Waals surface area contributed by atoms with Crippen LogP contribution in [0.1, 0.15) is 26.2 Å². The maximum absolute atomic E-state index is 11.5. The van der Waals surface area contributed by atoms with Gasteiger partial charge in [-0.15, -0.1) is 0 Å². The molecule has 1 aliphatic heterocycles. The summed E-state index contributed by atoms with van der Waals surface area (Å²) in [5, 5.41) is 3.45. The Hall–Kier alpha value is -1.29. The van der Waals surface area contributed by atoms with Crippen molar-refractivity contribution in [1.82, 2.24) is 9.47 Å². The summed E-state index contributed by atoms with van der Waals surface area (Å²) in [7, 11) is 2.19. The molecule has 1 fully saturated rings. The van der Waals surface area contributed by atoms with Crippen molar-refractivity contribution < 1.29 is 0 Å². The van der Waals surface area contributed by atoms with E-state index in [1.807, 2.05) is 19.2 Å². The Morgan fingerprint density at radius 3 is 2.94 bits per heavy atom. The number of likely N-dealkylation sites (N-methyl/N-ethyl adjacent to an activating group) is 1. The number of hydrogen-bond acceptors (Lipinski definition) is 3. The van der Waals surface area contributed by atoms with Crippen LogP contribution in [0, 0.1) is 0 Å². The van der Waals surface area contributed by atoms with Gasteiger partial charge in [-0.1, -0.05) is 6.42 Å². The zero-order valence-corrected chi connectivity index (χ0v) is 11.4. The molecule has 1 aromatic rings. The molecule has 1 unspecified atom stereocenters. The molecule has 1 atom stereocenters. The molecular formula is C14H23N3O. The normalized spacial score (nSPS) is 20.9. The predicted molar refractivity (Wildman–Crippen MR) is 75.1 cm³/mol. The van der Waals surface area contributed by atoms with Gasteiger partial charge in [-0.25, -0.2) is 0 Å². The van der Waals surface area contributed by atoms with Gasteiger partial charge in [0.05, 0.1) is 5.69 Å². The summed E-state index contributed by atoms with van der Waals surface area (Å²) in [4.78, 5) is 13.9. The number of piperidine rings is 1. The fourth-order valence-electron chi connectivity index (χ4n) is 2.52. The summed E-state index contributed by atoms with van der Waals surface area (Å²) >= 11 is 0. The molecule has 0 bridgehead atoms. The van der Waals surface area contributed by atoms with Gasteiger partial charge in [-0.05, 0) is 39.4 Å². The Labute approximate surface area is 109 Å². The molecule has 0 aliphatic carbocycles. The van der Waals surface area contributed by atoms with Crippen molar-refractivity contribution in [3.63, 3.8) is 0 Å². The van der Waals surface area contributed by atoms with Crippen molar-refractivity contribution in [2.24, 2.45) is 0 Å². The summed E-state index contributed by atoms with van der Waals surface area (Å²) in [6.45, 7) is 4.86. The smallest absolute Gasteiger partial charge is 0.250 e. The van der Waals surface area contributed by atoms with E-state index in [4.69, 9.17) is 0 Å². The highest BCUT2D eigenvalue weighted by Crippen LogP contribution is 2.15. The van der Waals surface area contributed by atoms with Crippen molar-refractivity contribution in [1.29, 1.82) is 0 Å². The first-order valence-corrected chi connectivity index (χ1v) is 6.85. The van der Waals surface area contributed by atoms with E-state index in [0.29, 0.717) is 6.04 Å². The summed E-state index contributed by atoms with van der Waals surface area (Å²) in [6.07, 6.45) is 5.81. The molecule has 100 valence electrons. The number of likely N-dealkylation sites (tertiary alicyclic amines) is 1. The van der Waals surface area contributed by atoms with Crippen LogP contribution in [0.25, 0.3) is 0 Å². The maximum atomic E-state index is 11.5. The molecule has 1 N–H and O–H groups in total. The minimum absolute atomic E-state index is 0.0674. The van der Waals surface area contributed by atoms with Crippen LogP contribution in [0.2, 0.25) is 0 Å². The predicted octanol–water partition coefficient (Wildman–Crippen LogP) is 1.76. The van der Waals surface area contributed by atoms with Crippen molar-refractivity contribution in [3.8, 4) is 0 Å². The molecule has 0 aromatic carbocycles. The van der Waals surface area contributed by atoms with E-state index in [1.54, 1.807) is 10.6 Å². The van der Waals surface area contributed by atoms with Crippen LogP contribution in [0.3, 0.4) is 0 Å². The highest BCUT2D eigenvalue weighted by atomic mass is 16.1. The first-order chi connectivity index (χ1) is 8.70. The Bertz CT molecular complexity index is 441. The van der Waals surface area contributed by atoms with E-state index >= 15 is 0 Å². The van der Waals surface area contributed by atoms with E-state index in [-0.39, 0.29) is 5.56 Å². The number of aromatic nitrogens is 1. The number of pyridine rings is 1. The SMILES string of the molecule is CCn1cc(NCC2CCCCN2C)ccc1=O. The van der Waals surface area contributed by atoms with Crippen LogP contribution >= 0.6 is 0 Å². The van der Waals surface area contributed by atoms with Crippen molar-refractivity contribution in [2.75, 3.05) is 25.5 Å². The molecule has 1 aliphatic rings. The third-order valence-corrected chi connectivity index (χ3v) is 3.79. The van der Waals surface area contributed by atoms with Crippen LogP contribution < -0.4 is 10.9 Å². The topological polar surface area (TPSA) is 37.3 Å². The molecule has 4 nitrogen and oxygen atoms in total. The maximum Gasteiger partial charge on any atom is 0.250 e. The number of nitrogens with zero attached hydrogens (tertiary/aromatic N) is 2. The summed E-state index contributed by atoms with van der Waals surface area (Å²) in [5.41, 5.74) is 1.10. The van der Waals surface area contributed by atoms with Gasteiger partial charge < -0.3 is 14.8 Å². The number of nitrogens with one attached hydrogen (secondary N) is 1.